The number of aromatic nitrogens is 3. The fourth-order valence-electron chi connectivity index (χ4n) is 1.46. The van der Waals surface area contributed by atoms with Gasteiger partial charge in [-0.05, 0) is 12.3 Å². The van der Waals surface area contributed by atoms with Gasteiger partial charge in [-0.25, -0.2) is 9.18 Å². The number of pyridine rings is 1. The first-order valence-electron chi connectivity index (χ1n) is 6.06. The number of carbonyl (C=O) groups excluding carboxylic acids is 1. The van der Waals surface area contributed by atoms with Crippen LogP contribution in [0.15, 0.2) is 18.5 Å². The Bertz CT molecular complexity index is 621. The summed E-state index contributed by atoms with van der Waals surface area (Å²) in [6.07, 6.45) is 4.60. The molecule has 2 rings (SSSR count). The summed E-state index contributed by atoms with van der Waals surface area (Å²) in [6.45, 7) is 0.587. The highest BCUT2D eigenvalue weighted by Crippen LogP contribution is 2.27. The van der Waals surface area contributed by atoms with Crippen molar-refractivity contribution in [1.82, 2.24) is 20.5 Å². The Kier molecular flexibility index (Phi) is 5.45. The van der Waals surface area contributed by atoms with Crippen molar-refractivity contribution in [2.24, 2.45) is 0 Å². The monoisotopic (exact) mass is 327 g/mol. The van der Waals surface area contributed by atoms with E-state index in [1.807, 2.05) is 6.26 Å². The lowest BCUT2D eigenvalue weighted by Gasteiger charge is -2.13. The van der Waals surface area contributed by atoms with Crippen LogP contribution in [0.25, 0.3) is 10.6 Å². The van der Waals surface area contributed by atoms with Crippen LogP contribution in [0.4, 0.5) is 14.3 Å². The fourth-order valence-corrected chi connectivity index (χ4v) is 2.55. The van der Waals surface area contributed by atoms with E-state index < -0.39 is 5.82 Å². The molecule has 112 valence electrons. The Balaban J connectivity index is 2.07. The van der Waals surface area contributed by atoms with Crippen LogP contribution in [0.3, 0.4) is 0 Å². The van der Waals surface area contributed by atoms with Gasteiger partial charge in [0.25, 0.3) is 0 Å². The molecule has 0 saturated carbocycles. The van der Waals surface area contributed by atoms with Gasteiger partial charge in [0.05, 0.1) is 6.20 Å². The molecule has 0 unspecified atom stereocenters. The van der Waals surface area contributed by atoms with Crippen LogP contribution >= 0.6 is 23.1 Å². The zero-order chi connectivity index (χ0) is 15.2. The summed E-state index contributed by atoms with van der Waals surface area (Å²) in [5.41, 5.74) is 0.537. The lowest BCUT2D eigenvalue weighted by atomic mass is 10.3. The van der Waals surface area contributed by atoms with Gasteiger partial charge in [0.1, 0.15) is 5.82 Å². The molecule has 2 aromatic heterocycles. The average molecular weight is 327 g/mol. The van der Waals surface area contributed by atoms with Crippen molar-refractivity contribution in [2.45, 2.75) is 0 Å². The van der Waals surface area contributed by atoms with Gasteiger partial charge in [-0.2, -0.15) is 11.8 Å². The van der Waals surface area contributed by atoms with E-state index in [4.69, 9.17) is 0 Å². The second kappa shape index (κ2) is 7.32. The molecule has 0 aliphatic carbocycles. The van der Waals surface area contributed by atoms with Crippen LogP contribution in [-0.2, 0) is 0 Å². The Morgan fingerprint density at radius 3 is 3.00 bits per heavy atom. The summed E-state index contributed by atoms with van der Waals surface area (Å²) >= 11 is 2.85. The summed E-state index contributed by atoms with van der Waals surface area (Å²) in [5, 5.41) is 11.6. The molecule has 0 aliphatic rings. The van der Waals surface area contributed by atoms with Crippen molar-refractivity contribution >= 4 is 34.3 Å². The minimum Gasteiger partial charge on any atom is -0.337 e. The maximum atomic E-state index is 13.1. The number of anilines is 1. The van der Waals surface area contributed by atoms with Crippen molar-refractivity contribution in [3.05, 3.63) is 24.3 Å². The number of hydrogen-bond acceptors (Lipinski definition) is 6. The highest BCUT2D eigenvalue weighted by Gasteiger charge is 2.16. The molecule has 6 nitrogen and oxygen atoms in total. The third-order valence-corrected chi connectivity index (χ3v) is 4.20. The summed E-state index contributed by atoms with van der Waals surface area (Å²) < 4.78 is 13.1. The van der Waals surface area contributed by atoms with E-state index in [-0.39, 0.29) is 6.03 Å². The molecule has 0 saturated heterocycles. The van der Waals surface area contributed by atoms with E-state index in [0.717, 1.165) is 11.9 Å². The normalized spacial score (nSPS) is 10.4. The molecule has 0 bridgehead atoms. The lowest BCUT2D eigenvalue weighted by molar-refractivity contribution is 0.248. The Hall–Kier alpha value is -1.74. The molecule has 9 heteroatoms. The zero-order valence-electron chi connectivity index (χ0n) is 11.5. The quantitative estimate of drug-likeness (QED) is 0.853. The third-order valence-electron chi connectivity index (χ3n) is 2.54. The predicted molar refractivity (Wildman–Crippen MR) is 83.3 cm³/mol. The van der Waals surface area contributed by atoms with Gasteiger partial charge >= 0.3 is 6.03 Å². The molecule has 0 aromatic carbocycles. The number of carbonyl (C=O) groups is 1. The highest BCUT2D eigenvalue weighted by molar-refractivity contribution is 7.98. The number of nitrogens with one attached hydrogen (secondary N) is 1. The molecule has 0 radical (unpaired) electrons. The van der Waals surface area contributed by atoms with E-state index in [1.165, 1.54) is 28.5 Å². The maximum Gasteiger partial charge on any atom is 0.323 e. The number of thioether (sulfide) groups is 1. The van der Waals surface area contributed by atoms with Crippen molar-refractivity contribution < 1.29 is 9.18 Å². The van der Waals surface area contributed by atoms with E-state index >= 15 is 0 Å². The maximum absolute atomic E-state index is 13.1. The molecule has 0 aliphatic heterocycles. The minimum absolute atomic E-state index is 0.246. The first-order chi connectivity index (χ1) is 10.1. The summed E-state index contributed by atoms with van der Waals surface area (Å²) in [7, 11) is 1.61. The molecule has 0 atom stereocenters. The number of amides is 2. The Labute approximate surface area is 129 Å². The summed E-state index contributed by atoms with van der Waals surface area (Å²) in [6, 6.07) is 1.08. The van der Waals surface area contributed by atoms with Crippen LogP contribution in [-0.4, -0.2) is 46.8 Å². The summed E-state index contributed by atoms with van der Waals surface area (Å²) in [5.74, 6) is 0.406. The Morgan fingerprint density at radius 1 is 1.48 bits per heavy atom. The van der Waals surface area contributed by atoms with Gasteiger partial charge < -0.3 is 5.32 Å². The van der Waals surface area contributed by atoms with Gasteiger partial charge in [-0.15, -0.1) is 10.2 Å². The number of halogens is 1. The SMILES string of the molecule is CSCCNC(=O)N(C)c1nnc(-c2cncc(F)c2)s1. The fraction of sp³-hybridized carbons (Fsp3) is 0.333. The second-order valence-corrected chi connectivity index (χ2v) is 6.01. The number of nitrogens with zero attached hydrogens (tertiary/aromatic N) is 4. The predicted octanol–water partition coefficient (Wildman–Crippen LogP) is 2.25. The van der Waals surface area contributed by atoms with Crippen molar-refractivity contribution in [3.63, 3.8) is 0 Å². The van der Waals surface area contributed by atoms with E-state index in [0.29, 0.717) is 22.2 Å². The zero-order valence-corrected chi connectivity index (χ0v) is 13.2. The molecule has 21 heavy (non-hydrogen) atoms. The second-order valence-electron chi connectivity index (χ2n) is 4.07. The number of rotatable bonds is 5. The first-order valence-corrected chi connectivity index (χ1v) is 8.27. The van der Waals surface area contributed by atoms with Crippen LogP contribution in [0.1, 0.15) is 0 Å². The minimum atomic E-state index is -0.438. The molecule has 2 heterocycles. The standard InChI is InChI=1S/C12H14FN5OS2/c1-18(11(19)15-3-4-20-2)12-17-16-10(21-12)8-5-9(13)7-14-6-8/h5-7H,3-4H2,1-2H3,(H,15,19). The van der Waals surface area contributed by atoms with Gasteiger partial charge in [0, 0.05) is 31.1 Å². The molecule has 1 N–H and O–H groups in total. The van der Waals surface area contributed by atoms with Gasteiger partial charge in [-0.3, -0.25) is 9.88 Å². The third kappa shape index (κ3) is 4.11. The van der Waals surface area contributed by atoms with Crippen LogP contribution < -0.4 is 10.2 Å². The number of hydrogen-bond donors (Lipinski definition) is 1. The van der Waals surface area contributed by atoms with Crippen LogP contribution in [0, 0.1) is 5.82 Å². The van der Waals surface area contributed by atoms with Gasteiger partial charge in [-0.1, -0.05) is 11.3 Å². The molecule has 2 amide bonds. The van der Waals surface area contributed by atoms with Crippen molar-refractivity contribution in [3.8, 4) is 10.6 Å². The molecule has 0 fully saturated rings. The first kappa shape index (κ1) is 15.6. The smallest absolute Gasteiger partial charge is 0.323 e. The van der Waals surface area contributed by atoms with E-state index in [9.17, 15) is 9.18 Å². The van der Waals surface area contributed by atoms with Crippen molar-refractivity contribution in [1.29, 1.82) is 0 Å². The lowest BCUT2D eigenvalue weighted by Crippen LogP contribution is -2.38. The topological polar surface area (TPSA) is 71.0 Å². The summed E-state index contributed by atoms with van der Waals surface area (Å²) in [4.78, 5) is 17.0. The van der Waals surface area contributed by atoms with Gasteiger partial charge in [0.2, 0.25) is 5.13 Å². The van der Waals surface area contributed by atoms with Crippen LogP contribution in [0.2, 0.25) is 0 Å². The molecule has 2 aromatic rings. The molecular formula is C12H14FN5OS2. The average Bonchev–Trinajstić information content (AvgIpc) is 2.96. The van der Waals surface area contributed by atoms with E-state index in [1.54, 1.807) is 18.8 Å². The largest absolute Gasteiger partial charge is 0.337 e. The van der Waals surface area contributed by atoms with Gasteiger partial charge in [0.15, 0.2) is 5.01 Å². The molecule has 0 spiro atoms. The van der Waals surface area contributed by atoms with Crippen molar-refractivity contribution in [2.75, 3.05) is 30.5 Å². The Morgan fingerprint density at radius 2 is 2.29 bits per heavy atom. The highest BCUT2D eigenvalue weighted by atomic mass is 32.2. The molecular weight excluding hydrogens is 313 g/mol. The van der Waals surface area contributed by atoms with E-state index in [2.05, 4.69) is 20.5 Å². The number of urea groups is 1. The van der Waals surface area contributed by atoms with Crippen LogP contribution in [0.5, 0.6) is 0 Å².